The molecule has 1 aromatic carbocycles. The first-order valence-corrected chi connectivity index (χ1v) is 6.62. The number of fused-ring (bicyclic) bond motifs is 1. The number of carbonyl (C=O) groups is 1. The van der Waals surface area contributed by atoms with Gasteiger partial charge in [0.05, 0.1) is 5.52 Å². The van der Waals surface area contributed by atoms with Crippen LogP contribution in [0.3, 0.4) is 0 Å². The number of pyridine rings is 1. The maximum atomic E-state index is 12.5. The summed E-state index contributed by atoms with van der Waals surface area (Å²) >= 11 is 0. The molecule has 3 rings (SSSR count). The number of nitrogens with one attached hydrogen (secondary N) is 1. The van der Waals surface area contributed by atoms with Crippen molar-refractivity contribution >= 4 is 41.6 Å². The van der Waals surface area contributed by atoms with Gasteiger partial charge in [-0.1, -0.05) is 6.07 Å². The Labute approximate surface area is 136 Å². The predicted molar refractivity (Wildman–Crippen MR) is 89.6 cm³/mol. The van der Waals surface area contributed by atoms with E-state index in [0.29, 0.717) is 0 Å². The second-order valence-corrected chi connectivity index (χ2v) is 4.96. The van der Waals surface area contributed by atoms with E-state index in [1.54, 1.807) is 6.20 Å². The van der Waals surface area contributed by atoms with Gasteiger partial charge in [-0.15, -0.1) is 24.8 Å². The molecule has 21 heavy (non-hydrogen) atoms. The van der Waals surface area contributed by atoms with E-state index < -0.39 is 0 Å². The summed E-state index contributed by atoms with van der Waals surface area (Å²) in [6, 6.07) is 9.83. The molecule has 0 bridgehead atoms. The summed E-state index contributed by atoms with van der Waals surface area (Å²) in [6.45, 7) is 4.57. The molecule has 6 heteroatoms. The van der Waals surface area contributed by atoms with Crippen LogP contribution in [-0.2, 0) is 0 Å². The first-order chi connectivity index (χ1) is 9.25. The van der Waals surface area contributed by atoms with Crippen molar-refractivity contribution in [1.29, 1.82) is 0 Å². The molecule has 1 saturated heterocycles. The van der Waals surface area contributed by atoms with Crippen LogP contribution in [0.4, 0.5) is 0 Å². The molecule has 1 atom stereocenters. The lowest BCUT2D eigenvalue weighted by molar-refractivity contribution is 0.0656. The van der Waals surface area contributed by atoms with Gasteiger partial charge in [-0.25, -0.2) is 0 Å². The van der Waals surface area contributed by atoms with Gasteiger partial charge in [0.1, 0.15) is 0 Å². The van der Waals surface area contributed by atoms with Gasteiger partial charge in [0.15, 0.2) is 0 Å². The number of amides is 1. The Bertz CT molecular complexity index is 621. The molecule has 0 aliphatic carbocycles. The molecule has 1 N–H and O–H groups in total. The third kappa shape index (κ3) is 3.64. The highest BCUT2D eigenvalue weighted by molar-refractivity contribution is 5.98. The van der Waals surface area contributed by atoms with Crippen molar-refractivity contribution in [3.63, 3.8) is 0 Å². The van der Waals surface area contributed by atoms with Crippen LogP contribution in [0.25, 0.3) is 10.9 Å². The molecule has 2 heterocycles. The predicted octanol–water partition coefficient (Wildman–Crippen LogP) is 2.51. The van der Waals surface area contributed by atoms with E-state index in [1.807, 2.05) is 35.2 Å². The van der Waals surface area contributed by atoms with Gasteiger partial charge in [-0.05, 0) is 31.2 Å². The largest absolute Gasteiger partial charge is 0.333 e. The van der Waals surface area contributed by atoms with Crippen LogP contribution < -0.4 is 5.32 Å². The molecule has 0 radical (unpaired) electrons. The standard InChI is InChI=1S/C15H17N3O.2ClH/c1-11-10-16-7-8-18(11)15(19)13-4-5-14-12(9-13)3-2-6-17-14;;/h2-6,9,11,16H,7-8,10H2,1H3;2*1H/t11-;;/m0../s1. The number of aromatic nitrogens is 1. The van der Waals surface area contributed by atoms with E-state index in [2.05, 4.69) is 17.2 Å². The van der Waals surface area contributed by atoms with Gasteiger partial charge in [0.2, 0.25) is 0 Å². The number of rotatable bonds is 1. The highest BCUT2D eigenvalue weighted by Crippen LogP contribution is 2.16. The minimum Gasteiger partial charge on any atom is -0.333 e. The zero-order chi connectivity index (χ0) is 13.2. The Morgan fingerprint density at radius 1 is 1.33 bits per heavy atom. The topological polar surface area (TPSA) is 45.2 Å². The van der Waals surface area contributed by atoms with Crippen molar-refractivity contribution in [2.75, 3.05) is 19.6 Å². The van der Waals surface area contributed by atoms with Crippen LogP contribution >= 0.6 is 24.8 Å². The molecule has 0 unspecified atom stereocenters. The van der Waals surface area contributed by atoms with E-state index in [0.717, 1.165) is 36.1 Å². The third-order valence-electron chi connectivity index (χ3n) is 3.61. The van der Waals surface area contributed by atoms with Gasteiger partial charge in [0, 0.05) is 42.8 Å². The van der Waals surface area contributed by atoms with E-state index >= 15 is 0 Å². The zero-order valence-corrected chi connectivity index (χ0v) is 13.4. The Morgan fingerprint density at radius 3 is 2.90 bits per heavy atom. The summed E-state index contributed by atoms with van der Waals surface area (Å²) in [5, 5.41) is 4.31. The fourth-order valence-electron chi connectivity index (χ4n) is 2.52. The number of halogens is 2. The van der Waals surface area contributed by atoms with Crippen molar-refractivity contribution in [2.45, 2.75) is 13.0 Å². The van der Waals surface area contributed by atoms with Gasteiger partial charge < -0.3 is 10.2 Å². The number of carbonyl (C=O) groups excluding carboxylic acids is 1. The van der Waals surface area contributed by atoms with Gasteiger partial charge in [0.25, 0.3) is 5.91 Å². The fraction of sp³-hybridized carbons (Fsp3) is 0.333. The summed E-state index contributed by atoms with van der Waals surface area (Å²) in [5.41, 5.74) is 1.67. The summed E-state index contributed by atoms with van der Waals surface area (Å²) in [6.07, 6.45) is 1.77. The summed E-state index contributed by atoms with van der Waals surface area (Å²) in [5.74, 6) is 0.111. The minimum atomic E-state index is 0. The average molecular weight is 328 g/mol. The van der Waals surface area contributed by atoms with Crippen LogP contribution in [0.15, 0.2) is 36.5 Å². The van der Waals surface area contributed by atoms with Crippen molar-refractivity contribution in [3.8, 4) is 0 Å². The van der Waals surface area contributed by atoms with Crippen LogP contribution in [0.2, 0.25) is 0 Å². The van der Waals surface area contributed by atoms with Gasteiger partial charge >= 0.3 is 0 Å². The lowest BCUT2D eigenvalue weighted by Gasteiger charge is -2.34. The van der Waals surface area contributed by atoms with Crippen LogP contribution in [-0.4, -0.2) is 41.5 Å². The molecule has 1 amide bonds. The number of nitrogens with zero attached hydrogens (tertiary/aromatic N) is 2. The second kappa shape index (κ2) is 7.59. The van der Waals surface area contributed by atoms with Crippen molar-refractivity contribution in [3.05, 3.63) is 42.1 Å². The third-order valence-corrected chi connectivity index (χ3v) is 3.61. The van der Waals surface area contributed by atoms with Crippen LogP contribution in [0, 0.1) is 0 Å². The smallest absolute Gasteiger partial charge is 0.254 e. The highest BCUT2D eigenvalue weighted by Gasteiger charge is 2.23. The van der Waals surface area contributed by atoms with E-state index in [-0.39, 0.29) is 36.8 Å². The normalized spacial score (nSPS) is 17.8. The fourth-order valence-corrected chi connectivity index (χ4v) is 2.52. The van der Waals surface area contributed by atoms with Crippen molar-refractivity contribution in [2.24, 2.45) is 0 Å². The Morgan fingerprint density at radius 2 is 2.14 bits per heavy atom. The Hall–Kier alpha value is -1.36. The lowest BCUT2D eigenvalue weighted by atomic mass is 10.1. The summed E-state index contributed by atoms with van der Waals surface area (Å²) < 4.78 is 0. The molecule has 1 aromatic heterocycles. The second-order valence-electron chi connectivity index (χ2n) is 4.96. The number of piperazine rings is 1. The van der Waals surface area contributed by atoms with Gasteiger partial charge in [-0.3, -0.25) is 9.78 Å². The first-order valence-electron chi connectivity index (χ1n) is 6.62. The van der Waals surface area contributed by atoms with Crippen LogP contribution in [0.1, 0.15) is 17.3 Å². The van der Waals surface area contributed by atoms with E-state index in [9.17, 15) is 4.79 Å². The molecule has 0 spiro atoms. The monoisotopic (exact) mass is 327 g/mol. The maximum absolute atomic E-state index is 12.5. The lowest BCUT2D eigenvalue weighted by Crippen LogP contribution is -2.52. The molecule has 1 aliphatic rings. The molecule has 114 valence electrons. The Balaban J connectivity index is 0.00000110. The van der Waals surface area contributed by atoms with Crippen LogP contribution in [0.5, 0.6) is 0 Å². The summed E-state index contributed by atoms with van der Waals surface area (Å²) in [7, 11) is 0. The number of benzene rings is 1. The first kappa shape index (κ1) is 17.7. The molecule has 1 fully saturated rings. The zero-order valence-electron chi connectivity index (χ0n) is 11.8. The van der Waals surface area contributed by atoms with Crippen molar-refractivity contribution in [1.82, 2.24) is 15.2 Å². The molecule has 0 saturated carbocycles. The highest BCUT2D eigenvalue weighted by atomic mass is 35.5. The van der Waals surface area contributed by atoms with E-state index in [4.69, 9.17) is 0 Å². The Kier molecular flexibility index (Phi) is 6.40. The molecular formula is C15H19Cl2N3O. The SMILES string of the molecule is C[C@H]1CNCCN1C(=O)c1ccc2ncccc2c1.Cl.Cl. The minimum absolute atomic E-state index is 0. The number of hydrogen-bond donors (Lipinski definition) is 1. The average Bonchev–Trinajstić information content (AvgIpc) is 2.46. The molecule has 2 aromatic rings. The number of hydrogen-bond acceptors (Lipinski definition) is 3. The maximum Gasteiger partial charge on any atom is 0.254 e. The van der Waals surface area contributed by atoms with Gasteiger partial charge in [-0.2, -0.15) is 0 Å². The molecule has 4 nitrogen and oxygen atoms in total. The van der Waals surface area contributed by atoms with E-state index in [1.165, 1.54) is 0 Å². The quantitative estimate of drug-likeness (QED) is 0.875. The molecular weight excluding hydrogens is 309 g/mol. The van der Waals surface area contributed by atoms with Crippen molar-refractivity contribution < 1.29 is 4.79 Å². The molecule has 1 aliphatic heterocycles. The summed E-state index contributed by atoms with van der Waals surface area (Å²) in [4.78, 5) is 18.7.